The van der Waals surface area contributed by atoms with Crippen molar-refractivity contribution in [3.63, 3.8) is 0 Å². The first-order valence-electron chi connectivity index (χ1n) is 9.03. The smallest absolute Gasteiger partial charge is 0.137 e. The van der Waals surface area contributed by atoms with Gasteiger partial charge < -0.3 is 0 Å². The molecule has 0 spiro atoms. The minimum absolute atomic E-state index is 0.0971. The maximum Gasteiger partial charge on any atom is 0.137 e. The maximum atomic E-state index is 11.0. The molecule has 0 amide bonds. The van der Waals surface area contributed by atoms with E-state index >= 15 is 0 Å². The molecule has 3 heteroatoms. The lowest BCUT2D eigenvalue weighted by Gasteiger charge is -2.48. The Morgan fingerprint density at radius 3 is 1.73 bits per heavy atom. The monoisotopic (exact) mass is 347 g/mol. The van der Waals surface area contributed by atoms with E-state index in [1.165, 1.54) is 19.3 Å². The molecule has 132 valence electrons. The normalized spacial score (nSPS) is 27.3. The molecule has 0 radical (unpaired) electrons. The SMILES string of the molecule is C[C@@H](C1CCCC1[PH+](O)C(C)(C)C)P(C(C)(C)C)C(C)(C)C. The van der Waals surface area contributed by atoms with Crippen LogP contribution in [0, 0.1) is 5.92 Å². The Morgan fingerprint density at radius 2 is 1.36 bits per heavy atom. The lowest BCUT2D eigenvalue weighted by Crippen LogP contribution is -2.36. The van der Waals surface area contributed by atoms with Crippen molar-refractivity contribution in [3.8, 4) is 0 Å². The summed E-state index contributed by atoms with van der Waals surface area (Å²) in [5, 5.41) is 0.859. The van der Waals surface area contributed by atoms with E-state index in [4.69, 9.17) is 0 Å². The summed E-state index contributed by atoms with van der Waals surface area (Å²) < 4.78 is 0. The zero-order chi connectivity index (χ0) is 17.5. The third kappa shape index (κ3) is 4.91. The van der Waals surface area contributed by atoms with E-state index in [1.54, 1.807) is 0 Å². The second-order valence-corrected chi connectivity index (χ2v) is 17.5. The van der Waals surface area contributed by atoms with Crippen LogP contribution in [-0.4, -0.2) is 31.7 Å². The van der Waals surface area contributed by atoms with Gasteiger partial charge in [0.05, 0.1) is 10.8 Å². The Morgan fingerprint density at radius 1 is 0.909 bits per heavy atom. The zero-order valence-corrected chi connectivity index (χ0v) is 18.6. The summed E-state index contributed by atoms with van der Waals surface area (Å²) in [7, 11) is -1.39. The van der Waals surface area contributed by atoms with Gasteiger partial charge in [0.1, 0.15) is 8.15 Å². The third-order valence-corrected chi connectivity index (χ3v) is 12.2. The second-order valence-electron chi connectivity index (χ2n) is 10.3. The highest BCUT2D eigenvalue weighted by Crippen LogP contribution is 2.68. The molecule has 1 nitrogen and oxygen atoms in total. The lowest BCUT2D eigenvalue weighted by molar-refractivity contribution is 0.483. The molecule has 0 bridgehead atoms. The Bertz CT molecular complexity index is 345. The molecule has 0 aromatic carbocycles. The van der Waals surface area contributed by atoms with Crippen molar-refractivity contribution in [3.05, 3.63) is 0 Å². The molecular formula is C19H41OP2+. The van der Waals surface area contributed by atoms with Crippen LogP contribution < -0.4 is 0 Å². The van der Waals surface area contributed by atoms with Gasteiger partial charge >= 0.3 is 0 Å². The topological polar surface area (TPSA) is 20.2 Å². The molecule has 4 atom stereocenters. The summed E-state index contributed by atoms with van der Waals surface area (Å²) in [6, 6.07) is 0. The van der Waals surface area contributed by atoms with E-state index in [1.807, 2.05) is 0 Å². The van der Waals surface area contributed by atoms with Crippen LogP contribution in [0.2, 0.25) is 0 Å². The molecule has 3 unspecified atom stereocenters. The highest BCUT2D eigenvalue weighted by atomic mass is 31.1. The first kappa shape index (κ1) is 20.9. The second kappa shape index (κ2) is 6.98. The van der Waals surface area contributed by atoms with Crippen LogP contribution in [0.3, 0.4) is 0 Å². The van der Waals surface area contributed by atoms with Crippen LogP contribution in [0.1, 0.15) is 88.5 Å². The van der Waals surface area contributed by atoms with Crippen molar-refractivity contribution in [2.75, 3.05) is 0 Å². The van der Waals surface area contributed by atoms with Crippen LogP contribution in [0.15, 0.2) is 0 Å². The summed E-state index contributed by atoms with van der Waals surface area (Å²) in [6.07, 6.45) is 3.91. The predicted octanol–water partition coefficient (Wildman–Crippen LogP) is 6.54. The zero-order valence-electron chi connectivity index (χ0n) is 16.7. The fourth-order valence-corrected chi connectivity index (χ4v) is 12.7. The Hall–Kier alpha value is 0.820. The molecule has 0 aromatic rings. The van der Waals surface area contributed by atoms with Crippen molar-refractivity contribution in [2.45, 2.75) is 115 Å². The van der Waals surface area contributed by atoms with E-state index in [2.05, 4.69) is 69.2 Å². The molecule has 1 saturated carbocycles. The minimum Gasteiger partial charge on any atom is -0.253 e. The molecule has 0 saturated heterocycles. The van der Waals surface area contributed by atoms with Gasteiger partial charge in [0.25, 0.3) is 0 Å². The molecule has 1 rings (SSSR count). The molecule has 1 aliphatic rings. The molecule has 1 aliphatic carbocycles. The molecule has 0 aliphatic heterocycles. The first-order chi connectivity index (χ1) is 9.67. The van der Waals surface area contributed by atoms with Gasteiger partial charge in [-0.15, -0.1) is 0 Å². The van der Waals surface area contributed by atoms with Crippen molar-refractivity contribution in [1.82, 2.24) is 0 Å². The van der Waals surface area contributed by atoms with Gasteiger partial charge in [0.15, 0.2) is 0 Å². The Labute approximate surface area is 142 Å². The van der Waals surface area contributed by atoms with E-state index in [9.17, 15) is 4.89 Å². The molecule has 1 fully saturated rings. The third-order valence-electron chi connectivity index (χ3n) is 5.16. The first-order valence-corrected chi connectivity index (χ1v) is 12.0. The van der Waals surface area contributed by atoms with E-state index < -0.39 is 8.15 Å². The van der Waals surface area contributed by atoms with Crippen LogP contribution in [0.5, 0.6) is 0 Å². The number of hydrogen-bond donors (Lipinski definition) is 1. The highest BCUT2D eigenvalue weighted by molar-refractivity contribution is 7.61. The Kier molecular flexibility index (Phi) is 6.62. The Balaban J connectivity index is 3.06. The van der Waals surface area contributed by atoms with Gasteiger partial charge in [-0.05, 0) is 56.0 Å². The van der Waals surface area contributed by atoms with E-state index in [-0.39, 0.29) is 13.1 Å². The average Bonchev–Trinajstić information content (AvgIpc) is 2.70. The van der Waals surface area contributed by atoms with Gasteiger partial charge in [-0.25, -0.2) is 0 Å². The van der Waals surface area contributed by atoms with Gasteiger partial charge in [0.2, 0.25) is 0 Å². The van der Waals surface area contributed by atoms with Crippen LogP contribution in [0.4, 0.5) is 0 Å². The lowest BCUT2D eigenvalue weighted by atomic mass is 10.0. The summed E-state index contributed by atoms with van der Waals surface area (Å²) >= 11 is 0. The van der Waals surface area contributed by atoms with Gasteiger partial charge in [-0.3, -0.25) is 4.89 Å². The van der Waals surface area contributed by atoms with Crippen LogP contribution in [-0.2, 0) is 0 Å². The molecule has 0 heterocycles. The largest absolute Gasteiger partial charge is 0.253 e. The average molecular weight is 347 g/mol. The molecule has 1 N–H and O–H groups in total. The van der Waals surface area contributed by atoms with Crippen molar-refractivity contribution < 1.29 is 4.89 Å². The summed E-state index contributed by atoms with van der Waals surface area (Å²) in [4.78, 5) is 11.0. The van der Waals surface area contributed by atoms with Crippen molar-refractivity contribution >= 4 is 16.1 Å². The standard InChI is InChI=1S/C19H40OP2/c1-14(21(17(2,3)4)18(5,6)7)15-12-11-13-16(15)22(20)19(8,9)10/h14-16,20H,11-13H2,1-10H3/p+1/t14-,15?,16?,22?/m0/s1. The van der Waals surface area contributed by atoms with E-state index in [0.29, 0.717) is 16.0 Å². The fourth-order valence-electron chi connectivity index (χ4n) is 4.88. The molecular weight excluding hydrogens is 306 g/mol. The molecule has 0 aromatic heterocycles. The number of rotatable bonds is 3. The van der Waals surface area contributed by atoms with Crippen LogP contribution >= 0.6 is 16.1 Å². The highest BCUT2D eigenvalue weighted by Gasteiger charge is 2.50. The summed E-state index contributed by atoms with van der Waals surface area (Å²) in [5.74, 6) is 0.739. The quantitative estimate of drug-likeness (QED) is 0.574. The van der Waals surface area contributed by atoms with Gasteiger partial charge in [-0.2, -0.15) is 0 Å². The summed E-state index contributed by atoms with van der Waals surface area (Å²) in [6.45, 7) is 23.8. The fraction of sp³-hybridized carbons (Fsp3) is 1.00. The maximum absolute atomic E-state index is 11.0. The number of hydrogen-bond acceptors (Lipinski definition) is 1. The van der Waals surface area contributed by atoms with Gasteiger partial charge in [0, 0.05) is 5.92 Å². The minimum atomic E-state index is -1.29. The summed E-state index contributed by atoms with van der Waals surface area (Å²) in [5.41, 5.74) is 1.34. The van der Waals surface area contributed by atoms with Gasteiger partial charge in [-0.1, -0.05) is 56.4 Å². The predicted molar refractivity (Wildman–Crippen MR) is 107 cm³/mol. The van der Waals surface area contributed by atoms with Crippen molar-refractivity contribution in [2.24, 2.45) is 5.92 Å². The molecule has 22 heavy (non-hydrogen) atoms. The van der Waals surface area contributed by atoms with Crippen molar-refractivity contribution in [1.29, 1.82) is 0 Å². The van der Waals surface area contributed by atoms with Crippen LogP contribution in [0.25, 0.3) is 0 Å². The van der Waals surface area contributed by atoms with E-state index in [0.717, 1.165) is 11.6 Å².